The number of amides is 1. The molecule has 1 heterocycles. The summed E-state index contributed by atoms with van der Waals surface area (Å²) in [6, 6.07) is 32.1. The Labute approximate surface area is 229 Å². The van der Waals surface area contributed by atoms with Crippen molar-refractivity contribution in [3.05, 3.63) is 119 Å². The third-order valence-electron chi connectivity index (χ3n) is 6.58. The number of carbonyl (C=O) groups is 1. The summed E-state index contributed by atoms with van der Waals surface area (Å²) in [6.07, 6.45) is 0. The van der Waals surface area contributed by atoms with Gasteiger partial charge in [-0.2, -0.15) is 0 Å². The lowest BCUT2D eigenvalue weighted by Gasteiger charge is -2.16. The van der Waals surface area contributed by atoms with Gasteiger partial charge < -0.3 is 20.1 Å². The molecule has 6 heteroatoms. The lowest BCUT2D eigenvalue weighted by atomic mass is 9.90. The van der Waals surface area contributed by atoms with Crippen LogP contribution in [0, 0.1) is 0 Å². The molecule has 1 amide bonds. The Balaban J connectivity index is 1.44. The maximum atomic E-state index is 13.4. The van der Waals surface area contributed by atoms with Crippen LogP contribution >= 0.6 is 0 Å². The number of hydrogen-bond acceptors (Lipinski definition) is 5. The molecule has 0 saturated heterocycles. The van der Waals surface area contributed by atoms with E-state index in [1.807, 2.05) is 86.6 Å². The molecule has 0 saturated carbocycles. The Kier molecular flexibility index (Phi) is 8.34. The van der Waals surface area contributed by atoms with Crippen LogP contribution in [0.1, 0.15) is 42.0 Å². The molecular weight excluding hydrogens is 486 g/mol. The molecule has 0 aliphatic carbocycles. The van der Waals surface area contributed by atoms with E-state index >= 15 is 0 Å². The van der Waals surface area contributed by atoms with Crippen molar-refractivity contribution in [2.24, 2.45) is 4.99 Å². The Morgan fingerprint density at radius 2 is 1.38 bits per heavy atom. The first kappa shape index (κ1) is 26.2. The van der Waals surface area contributed by atoms with Gasteiger partial charge in [0.2, 0.25) is 5.91 Å². The van der Waals surface area contributed by atoms with Crippen LogP contribution in [-0.2, 0) is 17.9 Å². The fourth-order valence-electron chi connectivity index (χ4n) is 4.76. The maximum absolute atomic E-state index is 13.4. The molecule has 6 nitrogen and oxygen atoms in total. The van der Waals surface area contributed by atoms with Crippen LogP contribution in [0.5, 0.6) is 11.5 Å². The normalized spacial score (nSPS) is 14.6. The van der Waals surface area contributed by atoms with E-state index in [1.54, 1.807) is 0 Å². The van der Waals surface area contributed by atoms with Crippen molar-refractivity contribution in [1.82, 2.24) is 5.32 Å². The number of anilines is 1. The van der Waals surface area contributed by atoms with Gasteiger partial charge in [0.05, 0.1) is 24.6 Å². The standard InChI is InChI=1S/C33H33N3O3/c1-3-38-29-19-27-28(20-30(29)39-4-2)36-33(37)31(27)32(25-13-9-6-10-14-25)35-26-17-15-24(16-18-26)22-34-21-23-11-7-5-8-12-23/h5-20,31,34H,3-4,21-22H2,1-2H3,(H,36,37). The number of nitrogens with zero attached hydrogens (tertiary/aromatic N) is 1. The number of benzene rings is 4. The van der Waals surface area contributed by atoms with Crippen molar-refractivity contribution < 1.29 is 14.3 Å². The molecule has 0 fully saturated rings. The average molecular weight is 520 g/mol. The van der Waals surface area contributed by atoms with Crippen molar-refractivity contribution in [2.75, 3.05) is 18.5 Å². The fraction of sp³-hybridized carbons (Fsp3) is 0.212. The molecule has 0 bridgehead atoms. The highest BCUT2D eigenvalue weighted by Crippen LogP contribution is 2.43. The Hall–Kier alpha value is -4.42. The van der Waals surface area contributed by atoms with Crippen LogP contribution in [0.3, 0.4) is 0 Å². The monoisotopic (exact) mass is 519 g/mol. The second-order valence-electron chi connectivity index (χ2n) is 9.29. The number of ether oxygens (including phenoxy) is 2. The summed E-state index contributed by atoms with van der Waals surface area (Å²) in [5.41, 5.74) is 6.34. The van der Waals surface area contributed by atoms with Crippen molar-refractivity contribution in [2.45, 2.75) is 32.9 Å². The molecule has 2 N–H and O–H groups in total. The van der Waals surface area contributed by atoms with Gasteiger partial charge in [0.25, 0.3) is 0 Å². The average Bonchev–Trinajstić information content (AvgIpc) is 3.28. The van der Waals surface area contributed by atoms with Crippen molar-refractivity contribution in [3.63, 3.8) is 0 Å². The molecule has 39 heavy (non-hydrogen) atoms. The number of aliphatic imine (C=N–C) groups is 1. The van der Waals surface area contributed by atoms with Gasteiger partial charge in [-0.1, -0.05) is 72.8 Å². The zero-order chi connectivity index (χ0) is 27.0. The minimum Gasteiger partial charge on any atom is -0.490 e. The van der Waals surface area contributed by atoms with Crippen LogP contribution in [-0.4, -0.2) is 24.8 Å². The van der Waals surface area contributed by atoms with Gasteiger partial charge in [-0.05, 0) is 54.3 Å². The summed E-state index contributed by atoms with van der Waals surface area (Å²) in [5.74, 6) is 0.544. The maximum Gasteiger partial charge on any atom is 0.238 e. The van der Waals surface area contributed by atoms with Crippen LogP contribution in [0.2, 0.25) is 0 Å². The van der Waals surface area contributed by atoms with Crippen LogP contribution < -0.4 is 20.1 Å². The molecule has 1 aliphatic rings. The van der Waals surface area contributed by atoms with Crippen molar-refractivity contribution >= 4 is 23.0 Å². The summed E-state index contributed by atoms with van der Waals surface area (Å²) in [4.78, 5) is 18.4. The largest absolute Gasteiger partial charge is 0.490 e. The van der Waals surface area contributed by atoms with Gasteiger partial charge in [0.1, 0.15) is 5.92 Å². The lowest BCUT2D eigenvalue weighted by Crippen LogP contribution is -2.22. The number of hydrogen-bond donors (Lipinski definition) is 2. The fourth-order valence-corrected chi connectivity index (χ4v) is 4.76. The number of nitrogens with one attached hydrogen (secondary N) is 2. The summed E-state index contributed by atoms with van der Waals surface area (Å²) in [6.45, 7) is 6.42. The second kappa shape index (κ2) is 12.4. The van der Waals surface area contributed by atoms with Gasteiger partial charge >= 0.3 is 0 Å². The van der Waals surface area contributed by atoms with E-state index in [4.69, 9.17) is 14.5 Å². The van der Waals surface area contributed by atoms with Gasteiger partial charge in [0, 0.05) is 24.8 Å². The highest BCUT2D eigenvalue weighted by atomic mass is 16.5. The molecule has 1 aliphatic heterocycles. The smallest absolute Gasteiger partial charge is 0.238 e. The third kappa shape index (κ3) is 6.19. The van der Waals surface area contributed by atoms with Gasteiger partial charge in [-0.3, -0.25) is 9.79 Å². The van der Waals surface area contributed by atoms with E-state index < -0.39 is 5.92 Å². The molecule has 4 aromatic carbocycles. The number of carbonyl (C=O) groups excluding carboxylic acids is 1. The van der Waals surface area contributed by atoms with E-state index in [1.165, 1.54) is 11.1 Å². The molecular formula is C33H33N3O3. The summed E-state index contributed by atoms with van der Waals surface area (Å²) < 4.78 is 11.6. The number of rotatable bonds is 11. The van der Waals surface area contributed by atoms with E-state index in [9.17, 15) is 4.79 Å². The molecule has 198 valence electrons. The Bertz CT molecular complexity index is 1430. The van der Waals surface area contributed by atoms with Crippen LogP contribution in [0.4, 0.5) is 11.4 Å². The lowest BCUT2D eigenvalue weighted by molar-refractivity contribution is -0.115. The third-order valence-corrected chi connectivity index (χ3v) is 6.58. The molecule has 0 radical (unpaired) electrons. The quantitative estimate of drug-likeness (QED) is 0.218. The minimum absolute atomic E-state index is 0.120. The molecule has 0 spiro atoms. The van der Waals surface area contributed by atoms with Crippen molar-refractivity contribution in [3.8, 4) is 11.5 Å². The zero-order valence-corrected chi connectivity index (χ0v) is 22.3. The van der Waals surface area contributed by atoms with Gasteiger partial charge in [-0.25, -0.2) is 0 Å². The molecule has 0 aromatic heterocycles. The van der Waals surface area contributed by atoms with Gasteiger partial charge in [0.15, 0.2) is 11.5 Å². The van der Waals surface area contributed by atoms with E-state index in [2.05, 4.69) is 34.9 Å². The molecule has 1 atom stereocenters. The molecule has 1 unspecified atom stereocenters. The number of fused-ring (bicyclic) bond motifs is 1. The zero-order valence-electron chi connectivity index (χ0n) is 22.3. The molecule has 4 aromatic rings. The SMILES string of the molecule is CCOc1cc2c(cc1OCC)C(C(=Nc1ccc(CNCc3ccccc3)cc1)c1ccccc1)C(=O)N2. The Morgan fingerprint density at radius 1 is 0.795 bits per heavy atom. The van der Waals surface area contributed by atoms with E-state index in [0.29, 0.717) is 30.4 Å². The topological polar surface area (TPSA) is 72.0 Å². The summed E-state index contributed by atoms with van der Waals surface area (Å²) >= 11 is 0. The van der Waals surface area contributed by atoms with E-state index in [0.717, 1.165) is 35.6 Å². The highest BCUT2D eigenvalue weighted by molar-refractivity contribution is 6.24. The second-order valence-corrected chi connectivity index (χ2v) is 9.29. The molecule has 5 rings (SSSR count). The minimum atomic E-state index is -0.579. The van der Waals surface area contributed by atoms with Crippen LogP contribution in [0.25, 0.3) is 0 Å². The van der Waals surface area contributed by atoms with Crippen LogP contribution in [0.15, 0.2) is 102 Å². The Morgan fingerprint density at radius 3 is 2.03 bits per heavy atom. The van der Waals surface area contributed by atoms with E-state index in [-0.39, 0.29) is 5.91 Å². The first-order chi connectivity index (χ1) is 19.2. The van der Waals surface area contributed by atoms with Crippen molar-refractivity contribution in [1.29, 1.82) is 0 Å². The first-order valence-electron chi connectivity index (χ1n) is 13.4. The highest BCUT2D eigenvalue weighted by Gasteiger charge is 2.36. The summed E-state index contributed by atoms with van der Waals surface area (Å²) in [7, 11) is 0. The van der Waals surface area contributed by atoms with Gasteiger partial charge in [-0.15, -0.1) is 0 Å². The first-order valence-corrected chi connectivity index (χ1v) is 13.4. The summed E-state index contributed by atoms with van der Waals surface area (Å²) in [5, 5.41) is 6.52. The predicted octanol–water partition coefficient (Wildman–Crippen LogP) is 6.63. The predicted molar refractivity (Wildman–Crippen MR) is 156 cm³/mol.